The topological polar surface area (TPSA) is 57.2 Å². The van der Waals surface area contributed by atoms with E-state index in [-0.39, 0.29) is 6.10 Å². The van der Waals surface area contributed by atoms with Gasteiger partial charge in [-0.25, -0.2) is 9.97 Å². The van der Waals surface area contributed by atoms with Gasteiger partial charge in [0.1, 0.15) is 16.9 Å². The molecule has 3 heterocycles. The molecule has 0 aromatic carbocycles. The van der Waals surface area contributed by atoms with Crippen molar-refractivity contribution in [3.05, 3.63) is 42.3 Å². The van der Waals surface area contributed by atoms with E-state index < -0.39 is 0 Å². The molecule has 3 aromatic heterocycles. The van der Waals surface area contributed by atoms with Crippen LogP contribution in [0.15, 0.2) is 37.2 Å². The maximum atomic E-state index is 6.08. The lowest BCUT2D eigenvalue weighted by molar-refractivity contribution is 0.120. The van der Waals surface area contributed by atoms with Crippen LogP contribution in [-0.4, -0.2) is 30.0 Å². The number of hydrogen-bond donors (Lipinski definition) is 0. The van der Waals surface area contributed by atoms with Crippen molar-refractivity contribution in [1.82, 2.24) is 23.9 Å². The zero-order valence-electron chi connectivity index (χ0n) is 12.0. The summed E-state index contributed by atoms with van der Waals surface area (Å²) in [6.07, 6.45) is 13.6. The molecule has 0 atom stereocenters. The van der Waals surface area contributed by atoms with E-state index in [4.69, 9.17) is 16.3 Å². The van der Waals surface area contributed by atoms with Crippen molar-refractivity contribution in [2.45, 2.75) is 37.8 Å². The number of hydrogen-bond acceptors (Lipinski definition) is 4. The molecule has 22 heavy (non-hydrogen) atoms. The van der Waals surface area contributed by atoms with Gasteiger partial charge in [0.15, 0.2) is 0 Å². The Morgan fingerprint density at radius 3 is 2.77 bits per heavy atom. The van der Waals surface area contributed by atoms with Crippen LogP contribution in [0.25, 0.3) is 5.65 Å². The highest BCUT2D eigenvalue weighted by Crippen LogP contribution is 2.30. The van der Waals surface area contributed by atoms with Gasteiger partial charge in [0, 0.05) is 36.9 Å². The van der Waals surface area contributed by atoms with Crippen LogP contribution in [0.4, 0.5) is 0 Å². The van der Waals surface area contributed by atoms with Gasteiger partial charge in [-0.15, -0.1) is 0 Å². The van der Waals surface area contributed by atoms with Crippen LogP contribution < -0.4 is 4.74 Å². The summed E-state index contributed by atoms with van der Waals surface area (Å²) in [5, 5.41) is 0.404. The Labute approximate surface area is 132 Å². The van der Waals surface area contributed by atoms with Gasteiger partial charge >= 0.3 is 6.01 Å². The molecule has 7 heteroatoms. The Hall–Kier alpha value is -2.08. The first-order chi connectivity index (χ1) is 10.8. The lowest BCUT2D eigenvalue weighted by atomic mass is 9.93. The van der Waals surface area contributed by atoms with E-state index in [1.165, 1.54) is 0 Å². The molecule has 1 saturated carbocycles. The molecule has 0 aliphatic heterocycles. The molecule has 1 aliphatic carbocycles. The quantitative estimate of drug-likeness (QED) is 0.696. The average Bonchev–Trinajstić information content (AvgIpc) is 3.18. The molecule has 0 spiro atoms. The largest absolute Gasteiger partial charge is 0.461 e. The van der Waals surface area contributed by atoms with E-state index in [2.05, 4.69) is 19.5 Å². The monoisotopic (exact) mass is 317 g/mol. The number of fused-ring (bicyclic) bond motifs is 1. The molecule has 3 aromatic rings. The standard InChI is InChI=1S/C15H16ClN5O/c16-13-9-14-18-6-8-21(14)15(19-13)22-12-3-1-11(2-4-12)20-7-5-17-10-20/h5-12H,1-4H2. The van der Waals surface area contributed by atoms with E-state index in [0.717, 1.165) is 31.3 Å². The highest BCUT2D eigenvalue weighted by atomic mass is 35.5. The van der Waals surface area contributed by atoms with Crippen molar-refractivity contribution in [2.24, 2.45) is 0 Å². The Morgan fingerprint density at radius 2 is 2.00 bits per heavy atom. The van der Waals surface area contributed by atoms with E-state index in [9.17, 15) is 0 Å². The molecule has 114 valence electrons. The normalized spacial score (nSPS) is 22.0. The molecule has 0 N–H and O–H groups in total. The zero-order chi connectivity index (χ0) is 14.9. The van der Waals surface area contributed by atoms with Crippen LogP contribution >= 0.6 is 11.6 Å². The predicted octanol–water partition coefficient (Wildman–Crippen LogP) is 3.14. The van der Waals surface area contributed by atoms with Gasteiger partial charge in [-0.2, -0.15) is 4.98 Å². The van der Waals surface area contributed by atoms with Crippen LogP contribution in [0.5, 0.6) is 6.01 Å². The molecule has 1 fully saturated rings. The molecule has 0 unspecified atom stereocenters. The van der Waals surface area contributed by atoms with Gasteiger partial charge in [-0.3, -0.25) is 4.40 Å². The third-order valence-corrected chi connectivity index (χ3v) is 4.38. The number of imidazole rings is 2. The molecular weight excluding hydrogens is 302 g/mol. The molecule has 4 rings (SSSR count). The zero-order valence-corrected chi connectivity index (χ0v) is 12.7. The minimum absolute atomic E-state index is 0.163. The van der Waals surface area contributed by atoms with Crippen molar-refractivity contribution in [3.8, 4) is 6.01 Å². The van der Waals surface area contributed by atoms with Gasteiger partial charge in [-0.05, 0) is 25.7 Å². The molecule has 1 aliphatic rings. The summed E-state index contributed by atoms with van der Waals surface area (Å²) in [5.74, 6) is 0. The van der Waals surface area contributed by atoms with Crippen LogP contribution in [-0.2, 0) is 0 Å². The van der Waals surface area contributed by atoms with Crippen LogP contribution in [0.3, 0.4) is 0 Å². The van der Waals surface area contributed by atoms with E-state index >= 15 is 0 Å². The van der Waals surface area contributed by atoms with Crippen molar-refractivity contribution < 1.29 is 4.74 Å². The second-order valence-electron chi connectivity index (χ2n) is 5.58. The fraction of sp³-hybridized carbons (Fsp3) is 0.400. The first-order valence-corrected chi connectivity index (χ1v) is 7.81. The van der Waals surface area contributed by atoms with Gasteiger partial charge in [0.2, 0.25) is 0 Å². The number of ether oxygens (including phenoxy) is 1. The molecule has 0 saturated heterocycles. The number of rotatable bonds is 3. The van der Waals surface area contributed by atoms with Crippen LogP contribution in [0.2, 0.25) is 5.15 Å². The lowest BCUT2D eigenvalue weighted by Crippen LogP contribution is -2.26. The summed E-state index contributed by atoms with van der Waals surface area (Å²) in [7, 11) is 0. The van der Waals surface area contributed by atoms with E-state index in [1.54, 1.807) is 12.3 Å². The maximum absolute atomic E-state index is 6.08. The lowest BCUT2D eigenvalue weighted by Gasteiger charge is -2.29. The molecule has 0 bridgehead atoms. The molecule has 0 amide bonds. The summed E-state index contributed by atoms with van der Waals surface area (Å²) in [6.45, 7) is 0. The second-order valence-corrected chi connectivity index (χ2v) is 5.96. The summed E-state index contributed by atoms with van der Waals surface area (Å²) in [4.78, 5) is 12.6. The summed E-state index contributed by atoms with van der Waals surface area (Å²) >= 11 is 6.03. The summed E-state index contributed by atoms with van der Waals surface area (Å²) in [5.41, 5.74) is 0.752. The summed E-state index contributed by atoms with van der Waals surface area (Å²) < 4.78 is 10.1. The van der Waals surface area contributed by atoms with Gasteiger partial charge in [0.25, 0.3) is 0 Å². The van der Waals surface area contributed by atoms with Crippen LogP contribution in [0.1, 0.15) is 31.7 Å². The van der Waals surface area contributed by atoms with Gasteiger partial charge < -0.3 is 9.30 Å². The Bertz CT molecular complexity index is 761. The maximum Gasteiger partial charge on any atom is 0.303 e. The van der Waals surface area contributed by atoms with Crippen LogP contribution in [0, 0.1) is 0 Å². The van der Waals surface area contributed by atoms with Crippen molar-refractivity contribution >= 4 is 17.2 Å². The van der Waals surface area contributed by atoms with E-state index in [0.29, 0.717) is 17.2 Å². The Balaban J connectivity index is 1.47. The first-order valence-electron chi connectivity index (χ1n) is 7.43. The first kappa shape index (κ1) is 13.6. The Morgan fingerprint density at radius 1 is 1.14 bits per heavy atom. The van der Waals surface area contributed by atoms with Crippen molar-refractivity contribution in [3.63, 3.8) is 0 Å². The minimum atomic E-state index is 0.163. The molecular formula is C15H16ClN5O. The number of aromatic nitrogens is 5. The molecule has 0 radical (unpaired) electrons. The number of halogens is 1. The molecule has 6 nitrogen and oxygen atoms in total. The fourth-order valence-electron chi connectivity index (χ4n) is 3.05. The van der Waals surface area contributed by atoms with Crippen molar-refractivity contribution in [1.29, 1.82) is 0 Å². The highest BCUT2D eigenvalue weighted by molar-refractivity contribution is 6.29. The second kappa shape index (κ2) is 5.61. The predicted molar refractivity (Wildman–Crippen MR) is 82.1 cm³/mol. The third-order valence-electron chi connectivity index (χ3n) is 4.19. The Kier molecular flexibility index (Phi) is 3.46. The summed E-state index contributed by atoms with van der Waals surface area (Å²) in [6, 6.07) is 2.76. The number of nitrogens with zero attached hydrogens (tertiary/aromatic N) is 5. The smallest absolute Gasteiger partial charge is 0.303 e. The third kappa shape index (κ3) is 2.54. The highest BCUT2D eigenvalue weighted by Gasteiger charge is 2.24. The van der Waals surface area contributed by atoms with E-state index in [1.807, 2.05) is 29.3 Å². The van der Waals surface area contributed by atoms with Crippen molar-refractivity contribution in [2.75, 3.05) is 0 Å². The van der Waals surface area contributed by atoms with Gasteiger partial charge in [0.05, 0.1) is 6.33 Å². The minimum Gasteiger partial charge on any atom is -0.461 e. The fourth-order valence-corrected chi connectivity index (χ4v) is 3.22. The average molecular weight is 318 g/mol. The SMILES string of the molecule is Clc1cc2nccn2c(OC2CCC(n3ccnc3)CC2)n1. The van der Waals surface area contributed by atoms with Gasteiger partial charge in [-0.1, -0.05) is 11.6 Å².